The van der Waals surface area contributed by atoms with Crippen LogP contribution >= 0.6 is 23.2 Å². The lowest BCUT2D eigenvalue weighted by Crippen LogP contribution is -2.45. The van der Waals surface area contributed by atoms with Crippen LogP contribution in [0.1, 0.15) is 23.2 Å². The summed E-state index contributed by atoms with van der Waals surface area (Å²) < 4.78 is 0. The van der Waals surface area contributed by atoms with Crippen molar-refractivity contribution in [3.63, 3.8) is 0 Å². The van der Waals surface area contributed by atoms with E-state index in [9.17, 15) is 4.79 Å². The Morgan fingerprint density at radius 3 is 2.65 bits per heavy atom. The van der Waals surface area contributed by atoms with Crippen LogP contribution in [0.2, 0.25) is 10.0 Å². The van der Waals surface area contributed by atoms with Crippen molar-refractivity contribution in [3.8, 4) is 0 Å². The quantitative estimate of drug-likeness (QED) is 0.869. The van der Waals surface area contributed by atoms with Crippen molar-refractivity contribution in [1.29, 1.82) is 0 Å². The molecule has 0 spiro atoms. The zero-order valence-corrected chi connectivity index (χ0v) is 10.8. The molecule has 5 heteroatoms. The molecular weight excluding hydrogens is 259 g/mol. The molecule has 1 aromatic rings. The van der Waals surface area contributed by atoms with Crippen LogP contribution < -0.4 is 10.6 Å². The number of piperidine rings is 1. The number of hydrogen-bond acceptors (Lipinski definition) is 2. The first-order chi connectivity index (χ1) is 8.18. The van der Waals surface area contributed by atoms with Crippen LogP contribution in [0.3, 0.4) is 0 Å². The van der Waals surface area contributed by atoms with E-state index in [1.807, 2.05) is 0 Å². The van der Waals surface area contributed by atoms with Gasteiger partial charge in [0, 0.05) is 12.6 Å². The van der Waals surface area contributed by atoms with Crippen molar-refractivity contribution < 1.29 is 4.79 Å². The summed E-state index contributed by atoms with van der Waals surface area (Å²) in [6, 6.07) is 5.22. The number of hydrogen-bond donors (Lipinski definition) is 2. The molecule has 1 saturated heterocycles. The summed E-state index contributed by atoms with van der Waals surface area (Å²) in [5.41, 5.74) is 0.362. The summed E-state index contributed by atoms with van der Waals surface area (Å²) in [6.45, 7) is 1.81. The molecular formula is C12H14Cl2N2O. The highest BCUT2D eigenvalue weighted by atomic mass is 35.5. The number of amides is 1. The van der Waals surface area contributed by atoms with Crippen LogP contribution in [0.15, 0.2) is 18.2 Å². The van der Waals surface area contributed by atoms with Gasteiger partial charge in [0.05, 0.1) is 15.6 Å². The van der Waals surface area contributed by atoms with Gasteiger partial charge in [0.1, 0.15) is 0 Å². The van der Waals surface area contributed by atoms with Gasteiger partial charge in [0.25, 0.3) is 5.91 Å². The first-order valence-electron chi connectivity index (χ1n) is 5.64. The predicted molar refractivity (Wildman–Crippen MR) is 69.8 cm³/mol. The van der Waals surface area contributed by atoms with E-state index < -0.39 is 0 Å². The Hall–Kier alpha value is -0.770. The summed E-state index contributed by atoms with van der Waals surface area (Å²) in [7, 11) is 0. The van der Waals surface area contributed by atoms with Crippen LogP contribution in [-0.4, -0.2) is 25.0 Å². The molecule has 0 aliphatic carbocycles. The van der Waals surface area contributed by atoms with Crippen LogP contribution in [-0.2, 0) is 0 Å². The van der Waals surface area contributed by atoms with E-state index >= 15 is 0 Å². The zero-order chi connectivity index (χ0) is 12.3. The number of carbonyl (C=O) groups is 1. The Morgan fingerprint density at radius 1 is 1.35 bits per heavy atom. The molecule has 0 radical (unpaired) electrons. The standard InChI is InChI=1S/C12H14Cl2N2O/c13-9-4-1-5-10(14)11(9)12(17)16-8-3-2-6-15-7-8/h1,4-5,8,15H,2-3,6-7H2,(H,16,17)/t8-/m0/s1. The third kappa shape index (κ3) is 3.12. The maximum atomic E-state index is 12.0. The summed E-state index contributed by atoms with van der Waals surface area (Å²) in [4.78, 5) is 12.0. The molecule has 2 rings (SSSR count). The van der Waals surface area contributed by atoms with Gasteiger partial charge in [-0.1, -0.05) is 29.3 Å². The highest BCUT2D eigenvalue weighted by Gasteiger charge is 2.19. The van der Waals surface area contributed by atoms with E-state index in [1.165, 1.54) is 0 Å². The second kappa shape index (κ2) is 5.71. The minimum absolute atomic E-state index is 0.156. The van der Waals surface area contributed by atoms with Crippen molar-refractivity contribution >= 4 is 29.1 Å². The molecule has 0 saturated carbocycles. The normalized spacial score (nSPS) is 20.0. The summed E-state index contributed by atoms with van der Waals surface area (Å²) >= 11 is 12.0. The molecule has 17 heavy (non-hydrogen) atoms. The lowest BCUT2D eigenvalue weighted by molar-refractivity contribution is 0.0931. The SMILES string of the molecule is O=C(N[C@H]1CCCNC1)c1c(Cl)cccc1Cl. The smallest absolute Gasteiger partial charge is 0.254 e. The van der Waals surface area contributed by atoms with E-state index in [0.29, 0.717) is 15.6 Å². The minimum atomic E-state index is -0.200. The molecule has 0 unspecified atom stereocenters. The van der Waals surface area contributed by atoms with E-state index in [4.69, 9.17) is 23.2 Å². The van der Waals surface area contributed by atoms with E-state index in [1.54, 1.807) is 18.2 Å². The van der Waals surface area contributed by atoms with Gasteiger partial charge in [-0.3, -0.25) is 4.79 Å². The molecule has 1 heterocycles. The first kappa shape index (κ1) is 12.7. The van der Waals surface area contributed by atoms with Gasteiger partial charge < -0.3 is 10.6 Å². The third-order valence-corrected chi connectivity index (χ3v) is 3.45. The summed E-state index contributed by atoms with van der Waals surface area (Å²) in [5.74, 6) is -0.200. The zero-order valence-electron chi connectivity index (χ0n) is 9.30. The second-order valence-corrected chi connectivity index (χ2v) is 4.93. The molecule has 0 bridgehead atoms. The average molecular weight is 273 g/mol. The maximum Gasteiger partial charge on any atom is 0.254 e. The Labute approximate surface area is 110 Å². The minimum Gasteiger partial charge on any atom is -0.348 e. The monoisotopic (exact) mass is 272 g/mol. The van der Waals surface area contributed by atoms with Gasteiger partial charge in [-0.05, 0) is 31.5 Å². The fraction of sp³-hybridized carbons (Fsp3) is 0.417. The van der Waals surface area contributed by atoms with Gasteiger partial charge in [0.15, 0.2) is 0 Å². The van der Waals surface area contributed by atoms with Crippen LogP contribution in [0.25, 0.3) is 0 Å². The fourth-order valence-corrected chi connectivity index (χ4v) is 2.52. The van der Waals surface area contributed by atoms with Crippen LogP contribution in [0.5, 0.6) is 0 Å². The predicted octanol–water partition coefficient (Wildman–Crippen LogP) is 2.48. The van der Waals surface area contributed by atoms with Crippen molar-refractivity contribution in [2.45, 2.75) is 18.9 Å². The van der Waals surface area contributed by atoms with Gasteiger partial charge in [-0.15, -0.1) is 0 Å². The van der Waals surface area contributed by atoms with E-state index in [-0.39, 0.29) is 11.9 Å². The molecule has 0 aromatic heterocycles. The number of carbonyl (C=O) groups excluding carboxylic acids is 1. The molecule has 2 N–H and O–H groups in total. The van der Waals surface area contributed by atoms with Gasteiger partial charge in [-0.2, -0.15) is 0 Å². The highest BCUT2D eigenvalue weighted by Crippen LogP contribution is 2.24. The first-order valence-corrected chi connectivity index (χ1v) is 6.39. The maximum absolute atomic E-state index is 12.0. The van der Waals surface area contributed by atoms with E-state index in [0.717, 1.165) is 25.9 Å². The lowest BCUT2D eigenvalue weighted by Gasteiger charge is -2.24. The molecule has 92 valence electrons. The van der Waals surface area contributed by atoms with Crippen molar-refractivity contribution in [2.24, 2.45) is 0 Å². The molecule has 1 fully saturated rings. The largest absolute Gasteiger partial charge is 0.348 e. The van der Waals surface area contributed by atoms with Gasteiger partial charge >= 0.3 is 0 Å². The lowest BCUT2D eigenvalue weighted by atomic mass is 10.1. The Bertz CT molecular complexity index is 397. The number of benzene rings is 1. The van der Waals surface area contributed by atoms with Crippen molar-refractivity contribution in [1.82, 2.24) is 10.6 Å². The number of nitrogens with one attached hydrogen (secondary N) is 2. The average Bonchev–Trinajstić information content (AvgIpc) is 2.30. The van der Waals surface area contributed by atoms with E-state index in [2.05, 4.69) is 10.6 Å². The third-order valence-electron chi connectivity index (χ3n) is 2.82. The Morgan fingerprint density at radius 2 is 2.06 bits per heavy atom. The van der Waals surface area contributed by atoms with Crippen LogP contribution in [0, 0.1) is 0 Å². The molecule has 1 atom stereocenters. The molecule has 1 amide bonds. The number of rotatable bonds is 2. The molecule has 1 aromatic carbocycles. The summed E-state index contributed by atoms with van der Waals surface area (Å²) in [5, 5.41) is 6.96. The second-order valence-electron chi connectivity index (χ2n) is 4.11. The highest BCUT2D eigenvalue weighted by molar-refractivity contribution is 6.39. The van der Waals surface area contributed by atoms with Crippen molar-refractivity contribution in [3.05, 3.63) is 33.8 Å². The molecule has 1 aliphatic heterocycles. The van der Waals surface area contributed by atoms with Crippen LogP contribution in [0.4, 0.5) is 0 Å². The fourth-order valence-electron chi connectivity index (χ4n) is 1.95. The van der Waals surface area contributed by atoms with Gasteiger partial charge in [-0.25, -0.2) is 0 Å². The van der Waals surface area contributed by atoms with Crippen molar-refractivity contribution in [2.75, 3.05) is 13.1 Å². The van der Waals surface area contributed by atoms with Gasteiger partial charge in [0.2, 0.25) is 0 Å². The topological polar surface area (TPSA) is 41.1 Å². The molecule has 3 nitrogen and oxygen atoms in total. The summed E-state index contributed by atoms with van der Waals surface area (Å²) in [6.07, 6.45) is 2.06. The Kier molecular flexibility index (Phi) is 4.26. The Balaban J connectivity index is 2.08. The number of halogens is 2. The molecule has 1 aliphatic rings.